The van der Waals surface area contributed by atoms with E-state index in [0.29, 0.717) is 44.2 Å². The molecule has 3 aromatic rings. The fraction of sp³-hybridized carbons (Fsp3) is 0.217. The topological polar surface area (TPSA) is 118 Å². The van der Waals surface area contributed by atoms with Crippen LogP contribution in [0.4, 0.5) is 17.3 Å². The number of anilines is 3. The van der Waals surface area contributed by atoms with Gasteiger partial charge < -0.3 is 24.8 Å². The van der Waals surface area contributed by atoms with E-state index in [-0.39, 0.29) is 19.0 Å². The van der Waals surface area contributed by atoms with Gasteiger partial charge in [0.05, 0.1) is 54.1 Å². The van der Waals surface area contributed by atoms with E-state index in [1.165, 1.54) is 26.6 Å². The highest BCUT2D eigenvalue weighted by atomic mass is 35.5. The SMILES string of the molecule is COc1cc(OC)c(Cl)c(COc2cnc(Nc3c(C)cccc3NC(=O)CC#N)nc2)c1Cl. The highest BCUT2D eigenvalue weighted by Crippen LogP contribution is 2.40. The molecule has 0 saturated heterocycles. The number of methoxy groups -OCH3 is 2. The van der Waals surface area contributed by atoms with Gasteiger partial charge in [-0.25, -0.2) is 9.97 Å². The smallest absolute Gasteiger partial charge is 0.238 e. The Morgan fingerprint density at radius 2 is 1.76 bits per heavy atom. The number of nitrogens with one attached hydrogen (secondary N) is 2. The molecule has 0 aliphatic rings. The number of ether oxygens (including phenoxy) is 3. The van der Waals surface area contributed by atoms with Crippen LogP contribution in [0.3, 0.4) is 0 Å². The fourth-order valence-corrected chi connectivity index (χ4v) is 3.60. The van der Waals surface area contributed by atoms with E-state index < -0.39 is 5.91 Å². The Kier molecular flexibility index (Phi) is 8.35. The molecular weight excluding hydrogens is 481 g/mol. The average Bonchev–Trinajstić information content (AvgIpc) is 2.82. The standard InChI is InChI=1S/C23H21Cl2N5O4/c1-13-5-4-6-16(29-19(31)7-8-26)22(13)30-23-27-10-14(11-28-23)34-12-15-20(24)17(32-2)9-18(33-3)21(15)25/h4-6,9-11H,7,12H2,1-3H3,(H,29,31)(H,27,28,30). The van der Waals surface area contributed by atoms with Crippen LogP contribution < -0.4 is 24.8 Å². The van der Waals surface area contributed by atoms with Crippen LogP contribution >= 0.6 is 23.2 Å². The number of amides is 1. The lowest BCUT2D eigenvalue weighted by molar-refractivity contribution is -0.115. The monoisotopic (exact) mass is 501 g/mol. The lowest BCUT2D eigenvalue weighted by Crippen LogP contribution is -2.12. The van der Waals surface area contributed by atoms with Gasteiger partial charge >= 0.3 is 0 Å². The van der Waals surface area contributed by atoms with Crippen molar-refractivity contribution >= 4 is 46.4 Å². The third kappa shape index (κ3) is 5.78. The first-order valence-corrected chi connectivity index (χ1v) is 10.7. The second-order valence-electron chi connectivity index (χ2n) is 6.92. The predicted octanol–water partition coefficient (Wildman–Crippen LogP) is 5.28. The summed E-state index contributed by atoms with van der Waals surface area (Å²) >= 11 is 12.8. The van der Waals surface area contributed by atoms with Gasteiger partial charge in [0, 0.05) is 11.6 Å². The Labute approximate surface area is 206 Å². The Bertz CT molecular complexity index is 1200. The summed E-state index contributed by atoms with van der Waals surface area (Å²) in [6.45, 7) is 1.91. The number of nitrogens with zero attached hydrogens (tertiary/aromatic N) is 3. The summed E-state index contributed by atoms with van der Waals surface area (Å²) in [6, 6.07) is 8.80. The second-order valence-corrected chi connectivity index (χ2v) is 7.68. The number of halogens is 2. The van der Waals surface area contributed by atoms with Crippen LogP contribution in [-0.2, 0) is 11.4 Å². The number of carbonyl (C=O) groups is 1. The molecular formula is C23H21Cl2N5O4. The molecule has 0 aliphatic heterocycles. The molecule has 0 atom stereocenters. The third-order valence-electron chi connectivity index (χ3n) is 4.70. The van der Waals surface area contributed by atoms with Gasteiger partial charge in [-0.2, -0.15) is 5.26 Å². The molecule has 0 bridgehead atoms. The molecule has 0 unspecified atom stereocenters. The van der Waals surface area contributed by atoms with E-state index in [1.807, 2.05) is 19.1 Å². The molecule has 0 aliphatic carbocycles. The molecule has 0 fully saturated rings. The van der Waals surface area contributed by atoms with E-state index in [2.05, 4.69) is 20.6 Å². The van der Waals surface area contributed by atoms with Crippen molar-refractivity contribution in [3.8, 4) is 23.3 Å². The van der Waals surface area contributed by atoms with Crippen molar-refractivity contribution < 1.29 is 19.0 Å². The Morgan fingerprint density at radius 3 is 2.35 bits per heavy atom. The minimum absolute atomic E-state index is 0.0359. The lowest BCUT2D eigenvalue weighted by Gasteiger charge is -2.16. The van der Waals surface area contributed by atoms with Crippen molar-refractivity contribution in [3.05, 3.63) is 57.8 Å². The van der Waals surface area contributed by atoms with Gasteiger partial charge in [-0.3, -0.25) is 4.79 Å². The van der Waals surface area contributed by atoms with Crippen LogP contribution in [0.5, 0.6) is 17.2 Å². The van der Waals surface area contributed by atoms with E-state index in [9.17, 15) is 4.79 Å². The minimum atomic E-state index is -0.410. The number of carbonyl (C=O) groups excluding carboxylic acids is 1. The Morgan fingerprint density at radius 1 is 1.12 bits per heavy atom. The van der Waals surface area contributed by atoms with Crippen LogP contribution in [0.1, 0.15) is 17.5 Å². The molecule has 2 N–H and O–H groups in total. The summed E-state index contributed by atoms with van der Waals surface area (Å²) < 4.78 is 16.3. The van der Waals surface area contributed by atoms with Crippen molar-refractivity contribution in [1.82, 2.24) is 9.97 Å². The van der Waals surface area contributed by atoms with Crippen LogP contribution in [0.15, 0.2) is 36.7 Å². The maximum absolute atomic E-state index is 11.8. The zero-order valence-electron chi connectivity index (χ0n) is 18.6. The summed E-state index contributed by atoms with van der Waals surface area (Å²) in [5.74, 6) is 1.08. The van der Waals surface area contributed by atoms with Crippen molar-refractivity contribution in [2.24, 2.45) is 0 Å². The molecule has 9 nitrogen and oxygen atoms in total. The lowest BCUT2D eigenvalue weighted by atomic mass is 10.1. The zero-order chi connectivity index (χ0) is 24.7. The number of hydrogen-bond acceptors (Lipinski definition) is 8. The van der Waals surface area contributed by atoms with Crippen molar-refractivity contribution in [2.75, 3.05) is 24.9 Å². The van der Waals surface area contributed by atoms with Gasteiger partial charge in [0.2, 0.25) is 11.9 Å². The number of rotatable bonds is 9. The van der Waals surface area contributed by atoms with Crippen LogP contribution in [0.25, 0.3) is 0 Å². The molecule has 0 spiro atoms. The number of aryl methyl sites for hydroxylation is 1. The number of aromatic nitrogens is 2. The second kappa shape index (κ2) is 11.4. The highest BCUT2D eigenvalue weighted by Gasteiger charge is 2.18. The molecule has 1 heterocycles. The van der Waals surface area contributed by atoms with Gasteiger partial charge in [-0.15, -0.1) is 0 Å². The summed E-state index contributed by atoms with van der Waals surface area (Å²) in [7, 11) is 2.99. The Balaban J connectivity index is 1.74. The molecule has 3 rings (SSSR count). The summed E-state index contributed by atoms with van der Waals surface area (Å²) in [5, 5.41) is 15.1. The first-order chi connectivity index (χ1) is 16.4. The maximum Gasteiger partial charge on any atom is 0.238 e. The Hall–Kier alpha value is -3.74. The number of benzene rings is 2. The van der Waals surface area contributed by atoms with Crippen molar-refractivity contribution in [2.45, 2.75) is 20.0 Å². The molecule has 0 saturated carbocycles. The van der Waals surface area contributed by atoms with Gasteiger partial charge in [0.25, 0.3) is 0 Å². The van der Waals surface area contributed by atoms with Crippen molar-refractivity contribution in [3.63, 3.8) is 0 Å². The highest BCUT2D eigenvalue weighted by molar-refractivity contribution is 6.37. The summed E-state index contributed by atoms with van der Waals surface area (Å²) in [4.78, 5) is 20.4. The molecule has 176 valence electrons. The normalized spacial score (nSPS) is 10.2. The first-order valence-electron chi connectivity index (χ1n) is 9.95. The van der Waals surface area contributed by atoms with Gasteiger partial charge in [0.15, 0.2) is 5.75 Å². The van der Waals surface area contributed by atoms with E-state index in [0.717, 1.165) is 5.56 Å². The minimum Gasteiger partial charge on any atom is -0.495 e. The molecule has 11 heteroatoms. The number of nitriles is 1. The zero-order valence-corrected chi connectivity index (χ0v) is 20.1. The fourth-order valence-electron chi connectivity index (χ4n) is 2.99. The summed E-state index contributed by atoms with van der Waals surface area (Å²) in [5.41, 5.74) is 2.49. The first kappa shape index (κ1) is 24.9. The van der Waals surface area contributed by atoms with E-state index >= 15 is 0 Å². The van der Waals surface area contributed by atoms with Gasteiger partial charge in [0.1, 0.15) is 24.5 Å². The molecule has 1 aromatic heterocycles. The van der Waals surface area contributed by atoms with E-state index in [4.69, 9.17) is 42.7 Å². The largest absolute Gasteiger partial charge is 0.495 e. The summed E-state index contributed by atoms with van der Waals surface area (Å²) in [6.07, 6.45) is 2.73. The number of hydrogen-bond donors (Lipinski definition) is 2. The quantitative estimate of drug-likeness (QED) is 0.406. The van der Waals surface area contributed by atoms with Crippen molar-refractivity contribution in [1.29, 1.82) is 5.26 Å². The van der Waals surface area contributed by atoms with Gasteiger partial charge in [-0.1, -0.05) is 35.3 Å². The number of para-hydroxylation sites is 1. The molecule has 34 heavy (non-hydrogen) atoms. The van der Waals surface area contributed by atoms with Crippen LogP contribution in [0.2, 0.25) is 10.0 Å². The third-order valence-corrected chi connectivity index (χ3v) is 5.53. The van der Waals surface area contributed by atoms with Crippen LogP contribution in [-0.4, -0.2) is 30.1 Å². The molecule has 1 amide bonds. The van der Waals surface area contributed by atoms with Gasteiger partial charge in [-0.05, 0) is 18.6 Å². The molecule has 2 aromatic carbocycles. The van der Waals surface area contributed by atoms with E-state index in [1.54, 1.807) is 18.2 Å². The maximum atomic E-state index is 11.8. The molecule has 0 radical (unpaired) electrons. The van der Waals surface area contributed by atoms with Crippen LogP contribution in [0, 0.1) is 18.3 Å². The average molecular weight is 502 g/mol. The predicted molar refractivity (Wildman–Crippen MR) is 129 cm³/mol.